The lowest BCUT2D eigenvalue weighted by Gasteiger charge is -2.04. The Morgan fingerprint density at radius 2 is 2.22 bits per heavy atom. The van der Waals surface area contributed by atoms with Gasteiger partial charge in [0.15, 0.2) is 5.13 Å². The number of nitrogens with zero attached hydrogens (tertiary/aromatic N) is 1. The molecule has 0 bridgehead atoms. The fourth-order valence-electron chi connectivity index (χ4n) is 1.53. The highest BCUT2D eigenvalue weighted by Crippen LogP contribution is 2.31. The highest BCUT2D eigenvalue weighted by atomic mass is 32.1. The van der Waals surface area contributed by atoms with Crippen LogP contribution in [0.4, 0.5) is 5.13 Å². The second kappa shape index (κ2) is 5.66. The van der Waals surface area contributed by atoms with E-state index in [1.807, 2.05) is 17.5 Å². The molecule has 0 aliphatic rings. The van der Waals surface area contributed by atoms with Gasteiger partial charge in [-0.2, -0.15) is 0 Å². The number of anilines is 1. The molecule has 0 aliphatic carbocycles. The van der Waals surface area contributed by atoms with Crippen LogP contribution < -0.4 is 11.1 Å². The van der Waals surface area contributed by atoms with Gasteiger partial charge >= 0.3 is 0 Å². The first-order valence-electron chi connectivity index (χ1n) is 5.59. The zero-order chi connectivity index (χ0) is 13.0. The Morgan fingerprint density at radius 3 is 2.94 bits per heavy atom. The molecule has 5 heteroatoms. The molecule has 1 heterocycles. The number of nitrogens with one attached hydrogen (secondary N) is 1. The Labute approximate surface area is 110 Å². The zero-order valence-electron chi connectivity index (χ0n) is 9.89. The molecular formula is C13H15N3OS. The fraction of sp³-hybridized carbons (Fsp3) is 0.154. The van der Waals surface area contributed by atoms with E-state index in [-0.39, 0.29) is 5.75 Å². The van der Waals surface area contributed by atoms with Crippen LogP contribution in [0.3, 0.4) is 0 Å². The quantitative estimate of drug-likeness (QED) is 0.774. The van der Waals surface area contributed by atoms with Crippen molar-refractivity contribution in [2.45, 2.75) is 6.42 Å². The van der Waals surface area contributed by atoms with Gasteiger partial charge in [0.05, 0.1) is 5.69 Å². The van der Waals surface area contributed by atoms with Gasteiger partial charge in [-0.15, -0.1) is 11.3 Å². The Balaban J connectivity index is 2.16. The molecule has 0 atom stereocenters. The first-order chi connectivity index (χ1) is 8.70. The number of para-hydroxylation sites is 1. The summed E-state index contributed by atoms with van der Waals surface area (Å²) in [6, 6.07) is 7.14. The molecule has 1 aromatic carbocycles. The van der Waals surface area contributed by atoms with E-state index in [1.165, 1.54) is 11.3 Å². The van der Waals surface area contributed by atoms with Gasteiger partial charge in [-0.3, -0.25) is 0 Å². The van der Waals surface area contributed by atoms with Crippen LogP contribution in [0, 0.1) is 0 Å². The van der Waals surface area contributed by atoms with Crippen LogP contribution in [0.1, 0.15) is 6.42 Å². The number of aromatic hydroxyl groups is 1. The molecule has 2 rings (SSSR count). The average Bonchev–Trinajstić information content (AvgIpc) is 2.78. The molecule has 1 aromatic heterocycles. The van der Waals surface area contributed by atoms with Gasteiger partial charge in [-0.05, 0) is 25.1 Å². The second-order valence-corrected chi connectivity index (χ2v) is 4.68. The van der Waals surface area contributed by atoms with Crippen molar-refractivity contribution in [2.75, 3.05) is 11.9 Å². The van der Waals surface area contributed by atoms with Crippen molar-refractivity contribution in [1.82, 2.24) is 4.98 Å². The van der Waals surface area contributed by atoms with E-state index in [4.69, 9.17) is 5.73 Å². The fourth-order valence-corrected chi connectivity index (χ4v) is 2.29. The van der Waals surface area contributed by atoms with Crippen molar-refractivity contribution in [1.29, 1.82) is 0 Å². The van der Waals surface area contributed by atoms with Crippen LogP contribution in [-0.4, -0.2) is 16.6 Å². The lowest BCUT2D eigenvalue weighted by Crippen LogP contribution is -2.05. The Bertz CT molecular complexity index is 551. The summed E-state index contributed by atoms with van der Waals surface area (Å²) in [5, 5.41) is 15.5. The molecule has 94 valence electrons. The summed E-state index contributed by atoms with van der Waals surface area (Å²) >= 11 is 1.47. The van der Waals surface area contributed by atoms with E-state index in [2.05, 4.69) is 16.9 Å². The number of aromatic nitrogens is 1. The molecule has 0 unspecified atom stereocenters. The minimum atomic E-state index is 0.232. The van der Waals surface area contributed by atoms with E-state index in [9.17, 15) is 5.11 Å². The van der Waals surface area contributed by atoms with Gasteiger partial charge < -0.3 is 16.2 Å². The van der Waals surface area contributed by atoms with E-state index < -0.39 is 0 Å². The van der Waals surface area contributed by atoms with Gasteiger partial charge in [-0.25, -0.2) is 4.98 Å². The van der Waals surface area contributed by atoms with Crippen LogP contribution in [-0.2, 0) is 0 Å². The normalized spacial score (nSPS) is 10.3. The van der Waals surface area contributed by atoms with Crippen molar-refractivity contribution >= 4 is 16.5 Å². The molecule has 4 N–H and O–H groups in total. The third-order valence-corrected chi connectivity index (χ3v) is 3.17. The van der Waals surface area contributed by atoms with E-state index >= 15 is 0 Å². The predicted molar refractivity (Wildman–Crippen MR) is 75.6 cm³/mol. The Hall–Kier alpha value is -1.85. The minimum Gasteiger partial charge on any atom is -0.507 e. The summed E-state index contributed by atoms with van der Waals surface area (Å²) in [4.78, 5) is 4.41. The predicted octanol–water partition coefficient (Wildman–Crippen LogP) is 2.79. The van der Waals surface area contributed by atoms with E-state index in [0.717, 1.165) is 22.1 Å². The summed E-state index contributed by atoms with van der Waals surface area (Å²) in [5.41, 5.74) is 7.77. The summed E-state index contributed by atoms with van der Waals surface area (Å²) in [7, 11) is 0. The van der Waals surface area contributed by atoms with Crippen molar-refractivity contribution < 1.29 is 5.11 Å². The third-order valence-electron chi connectivity index (χ3n) is 2.41. The van der Waals surface area contributed by atoms with Crippen molar-refractivity contribution in [2.24, 2.45) is 5.73 Å². The number of rotatable bonds is 5. The van der Waals surface area contributed by atoms with Crippen LogP contribution in [0.2, 0.25) is 0 Å². The lowest BCUT2D eigenvalue weighted by atomic mass is 10.1. The summed E-state index contributed by atoms with van der Waals surface area (Å²) in [6.45, 7) is 4.42. The van der Waals surface area contributed by atoms with Crippen LogP contribution in [0.25, 0.3) is 11.3 Å². The van der Waals surface area contributed by atoms with Crippen molar-refractivity contribution in [3.63, 3.8) is 0 Å². The Morgan fingerprint density at radius 1 is 1.44 bits per heavy atom. The molecule has 0 spiro atoms. The standard InChI is InChI=1S/C13H15N3OS/c1-9(6-7-14)15-13-16-11(8-18-13)10-4-2-3-5-12(10)17/h2-5,8,17H,1,6-7,14H2,(H,15,16). The molecule has 0 saturated heterocycles. The summed E-state index contributed by atoms with van der Waals surface area (Å²) < 4.78 is 0. The molecule has 0 fully saturated rings. The molecule has 2 aromatic rings. The second-order valence-electron chi connectivity index (χ2n) is 3.82. The lowest BCUT2D eigenvalue weighted by molar-refractivity contribution is 0.477. The first-order valence-corrected chi connectivity index (χ1v) is 6.47. The number of phenols is 1. The zero-order valence-corrected chi connectivity index (χ0v) is 10.7. The summed E-state index contributed by atoms with van der Waals surface area (Å²) in [5.74, 6) is 0.232. The topological polar surface area (TPSA) is 71.2 Å². The highest BCUT2D eigenvalue weighted by molar-refractivity contribution is 7.14. The number of hydrogen-bond acceptors (Lipinski definition) is 5. The molecular weight excluding hydrogens is 246 g/mol. The molecule has 0 radical (unpaired) electrons. The smallest absolute Gasteiger partial charge is 0.187 e. The maximum absolute atomic E-state index is 9.75. The maximum Gasteiger partial charge on any atom is 0.187 e. The molecule has 0 saturated carbocycles. The van der Waals surface area contributed by atoms with Gasteiger partial charge in [0.25, 0.3) is 0 Å². The van der Waals surface area contributed by atoms with Crippen LogP contribution >= 0.6 is 11.3 Å². The van der Waals surface area contributed by atoms with Gasteiger partial charge in [0.2, 0.25) is 0 Å². The molecule has 0 amide bonds. The molecule has 0 aliphatic heterocycles. The van der Waals surface area contributed by atoms with E-state index in [0.29, 0.717) is 13.0 Å². The number of benzene rings is 1. The minimum absolute atomic E-state index is 0.232. The average molecular weight is 261 g/mol. The Kier molecular flexibility index (Phi) is 3.96. The van der Waals surface area contributed by atoms with Crippen molar-refractivity contribution in [3.8, 4) is 17.0 Å². The maximum atomic E-state index is 9.75. The number of thiazole rings is 1. The SMILES string of the molecule is C=C(CCN)Nc1nc(-c2ccccc2O)cs1. The highest BCUT2D eigenvalue weighted by Gasteiger charge is 2.08. The van der Waals surface area contributed by atoms with Gasteiger partial charge in [0, 0.05) is 16.6 Å². The number of phenolic OH excluding ortho intramolecular Hbond substituents is 1. The molecule has 4 nitrogen and oxygen atoms in total. The number of hydrogen-bond donors (Lipinski definition) is 3. The summed E-state index contributed by atoms with van der Waals surface area (Å²) in [6.07, 6.45) is 0.714. The van der Waals surface area contributed by atoms with Gasteiger partial charge in [0.1, 0.15) is 5.75 Å². The van der Waals surface area contributed by atoms with Crippen molar-refractivity contribution in [3.05, 3.63) is 41.9 Å². The number of nitrogens with two attached hydrogens (primary N) is 1. The largest absolute Gasteiger partial charge is 0.507 e. The van der Waals surface area contributed by atoms with Gasteiger partial charge in [-0.1, -0.05) is 18.7 Å². The molecule has 18 heavy (non-hydrogen) atoms. The van der Waals surface area contributed by atoms with E-state index in [1.54, 1.807) is 12.1 Å². The monoisotopic (exact) mass is 261 g/mol. The van der Waals surface area contributed by atoms with Crippen LogP contribution in [0.5, 0.6) is 5.75 Å². The first kappa shape index (κ1) is 12.6. The van der Waals surface area contributed by atoms with Crippen LogP contribution in [0.15, 0.2) is 41.9 Å². The third kappa shape index (κ3) is 2.88.